The molecule has 1 aliphatic heterocycles. The van der Waals surface area contributed by atoms with E-state index in [9.17, 15) is 19.5 Å². The van der Waals surface area contributed by atoms with E-state index >= 15 is 0 Å². The van der Waals surface area contributed by atoms with Crippen LogP contribution in [0.1, 0.15) is 47.3 Å². The number of H-pyrrole nitrogens is 1. The first kappa shape index (κ1) is 26.6. The van der Waals surface area contributed by atoms with E-state index in [1.165, 1.54) is 25.3 Å². The number of phenols is 1. The molecule has 0 atom stereocenters. The first-order valence-corrected chi connectivity index (χ1v) is 13.0. The molecule has 1 amide bonds. The summed E-state index contributed by atoms with van der Waals surface area (Å²) in [5.74, 6) is 0.564. The van der Waals surface area contributed by atoms with Crippen LogP contribution in [0.4, 0.5) is 0 Å². The van der Waals surface area contributed by atoms with E-state index in [0.717, 1.165) is 30.7 Å². The van der Waals surface area contributed by atoms with Gasteiger partial charge in [0.2, 0.25) is 5.69 Å². The van der Waals surface area contributed by atoms with E-state index in [2.05, 4.69) is 36.2 Å². The smallest absolute Gasteiger partial charge is 0.349 e. The fourth-order valence-electron chi connectivity index (χ4n) is 4.37. The number of rotatable bonds is 8. The van der Waals surface area contributed by atoms with E-state index in [4.69, 9.17) is 4.74 Å². The Labute approximate surface area is 222 Å². The molecular formula is C26H30BrN5O5. The molecule has 3 N–H and O–H groups in total. The van der Waals surface area contributed by atoms with Crippen molar-refractivity contribution in [2.24, 2.45) is 0 Å². The lowest BCUT2D eigenvalue weighted by atomic mass is 10.1. The van der Waals surface area contributed by atoms with Crippen molar-refractivity contribution < 1.29 is 14.6 Å². The Morgan fingerprint density at radius 1 is 1.14 bits per heavy atom. The van der Waals surface area contributed by atoms with Crippen LogP contribution >= 0.6 is 15.9 Å². The number of hydrogen-bond donors (Lipinski definition) is 3. The maximum Gasteiger partial charge on any atom is 0.349 e. The Morgan fingerprint density at radius 3 is 2.51 bits per heavy atom. The van der Waals surface area contributed by atoms with Gasteiger partial charge < -0.3 is 20.1 Å². The predicted molar refractivity (Wildman–Crippen MR) is 143 cm³/mol. The molecule has 10 nitrogen and oxygen atoms in total. The highest BCUT2D eigenvalue weighted by atomic mass is 79.9. The van der Waals surface area contributed by atoms with Crippen molar-refractivity contribution >= 4 is 21.8 Å². The Balaban J connectivity index is 1.50. The van der Waals surface area contributed by atoms with Gasteiger partial charge in [0.25, 0.3) is 11.5 Å². The number of aromatic amines is 1. The summed E-state index contributed by atoms with van der Waals surface area (Å²) in [6.07, 6.45) is 4.44. The number of nitrogens with zero attached hydrogens (tertiary/aromatic N) is 3. The molecule has 2 aromatic carbocycles. The zero-order valence-corrected chi connectivity index (χ0v) is 22.4. The molecule has 1 fully saturated rings. The lowest BCUT2D eigenvalue weighted by Crippen LogP contribution is -2.40. The molecule has 37 heavy (non-hydrogen) atoms. The van der Waals surface area contributed by atoms with Gasteiger partial charge in [-0.15, -0.1) is 0 Å². The number of hydrogen-bond acceptors (Lipinski definition) is 7. The molecule has 4 rings (SSSR count). The van der Waals surface area contributed by atoms with Gasteiger partial charge in [-0.25, -0.2) is 4.79 Å². The number of nitrogens with one attached hydrogen (secondary N) is 2. The molecule has 0 unspecified atom stereocenters. The minimum absolute atomic E-state index is 0.0986. The number of halogens is 1. The van der Waals surface area contributed by atoms with Gasteiger partial charge in [-0.3, -0.25) is 14.6 Å². The Kier molecular flexibility index (Phi) is 8.45. The summed E-state index contributed by atoms with van der Waals surface area (Å²) in [5.41, 5.74) is -0.148. The molecule has 0 radical (unpaired) electrons. The third-order valence-corrected chi connectivity index (χ3v) is 6.89. The zero-order chi connectivity index (χ0) is 26.5. The minimum atomic E-state index is -0.832. The number of aryl methyl sites for hydroxylation is 2. The van der Waals surface area contributed by atoms with E-state index in [1.54, 1.807) is 24.3 Å². The van der Waals surface area contributed by atoms with E-state index in [0.29, 0.717) is 39.3 Å². The average Bonchev–Trinajstić information content (AvgIpc) is 2.86. The Hall–Kier alpha value is -3.44. The van der Waals surface area contributed by atoms with Crippen LogP contribution in [0.25, 0.3) is 5.69 Å². The monoisotopic (exact) mass is 571 g/mol. The summed E-state index contributed by atoms with van der Waals surface area (Å²) in [5, 5.41) is 16.5. The first-order chi connectivity index (χ1) is 17.7. The summed E-state index contributed by atoms with van der Waals surface area (Å²) in [7, 11) is 0. The first-order valence-electron chi connectivity index (χ1n) is 12.2. The summed E-state index contributed by atoms with van der Waals surface area (Å²) in [6, 6.07) is 8.17. The number of benzene rings is 2. The molecule has 0 spiro atoms. The number of aromatic hydroxyl groups is 1. The van der Waals surface area contributed by atoms with Crippen LogP contribution < -0.4 is 21.3 Å². The number of likely N-dealkylation sites (tertiary alicyclic amines) is 1. The van der Waals surface area contributed by atoms with Gasteiger partial charge in [-0.1, -0.05) is 6.42 Å². The highest BCUT2D eigenvalue weighted by Gasteiger charge is 2.18. The summed E-state index contributed by atoms with van der Waals surface area (Å²) < 4.78 is 7.51. The second-order valence-electron chi connectivity index (χ2n) is 9.16. The summed E-state index contributed by atoms with van der Waals surface area (Å²) >= 11 is 3.27. The molecule has 2 heterocycles. The number of aromatic nitrogens is 3. The van der Waals surface area contributed by atoms with Gasteiger partial charge in [0.15, 0.2) is 0 Å². The van der Waals surface area contributed by atoms with Crippen LogP contribution in [0.3, 0.4) is 0 Å². The highest BCUT2D eigenvalue weighted by Crippen LogP contribution is 2.34. The largest absolute Gasteiger partial charge is 0.507 e. The van der Waals surface area contributed by atoms with Crippen LogP contribution in [0.5, 0.6) is 17.2 Å². The van der Waals surface area contributed by atoms with Crippen molar-refractivity contribution in [1.29, 1.82) is 0 Å². The second kappa shape index (κ2) is 11.7. The quantitative estimate of drug-likeness (QED) is 0.353. The van der Waals surface area contributed by atoms with E-state index in [1.807, 2.05) is 13.8 Å². The standard InChI is InChI=1S/C26H30BrN5O5/c1-16-13-18(14-17(2)23(16)37-19-7-8-21(33)20(27)15-19)32-26(36)29-25(35)22(30-32)24(34)28-9-6-12-31-10-4-3-5-11-31/h7-8,13-15,33H,3-6,9-12H2,1-2H3,(H,28,34)(H,29,35,36). The number of carbonyl (C=O) groups excluding carboxylic acids is 1. The fraction of sp³-hybridized carbons (Fsp3) is 0.385. The maximum absolute atomic E-state index is 12.7. The molecule has 1 aromatic heterocycles. The van der Waals surface area contributed by atoms with Gasteiger partial charge in [0.05, 0.1) is 10.2 Å². The maximum atomic E-state index is 12.7. The second-order valence-corrected chi connectivity index (χ2v) is 10.0. The van der Waals surface area contributed by atoms with E-state index in [-0.39, 0.29) is 11.4 Å². The number of amides is 1. The van der Waals surface area contributed by atoms with Crippen LogP contribution in [0, 0.1) is 13.8 Å². The summed E-state index contributed by atoms with van der Waals surface area (Å²) in [4.78, 5) is 42.2. The van der Waals surface area contributed by atoms with Crippen molar-refractivity contribution in [3.8, 4) is 22.9 Å². The van der Waals surface area contributed by atoms with Crippen LogP contribution in [-0.2, 0) is 0 Å². The van der Waals surface area contributed by atoms with Crippen LogP contribution in [0.2, 0.25) is 0 Å². The predicted octanol–water partition coefficient (Wildman–Crippen LogP) is 3.40. The lowest BCUT2D eigenvalue weighted by Gasteiger charge is -2.26. The molecule has 1 saturated heterocycles. The van der Waals surface area contributed by atoms with Gasteiger partial charge in [-0.2, -0.15) is 9.78 Å². The van der Waals surface area contributed by atoms with Crippen molar-refractivity contribution in [3.05, 3.63) is 72.5 Å². The Morgan fingerprint density at radius 2 is 1.84 bits per heavy atom. The van der Waals surface area contributed by atoms with Crippen molar-refractivity contribution in [2.45, 2.75) is 39.5 Å². The van der Waals surface area contributed by atoms with Gasteiger partial charge in [-0.05, 0) is 110 Å². The SMILES string of the molecule is Cc1cc(-n2nc(C(=O)NCCCN3CCCCC3)c(=O)[nH]c2=O)cc(C)c1Oc1ccc(O)c(Br)c1. The average molecular weight is 572 g/mol. The third kappa shape index (κ3) is 6.47. The fourth-order valence-corrected chi connectivity index (χ4v) is 4.73. The number of piperidine rings is 1. The number of carbonyl (C=O) groups is 1. The Bertz CT molecular complexity index is 1390. The topological polar surface area (TPSA) is 130 Å². The van der Waals surface area contributed by atoms with Crippen molar-refractivity contribution in [3.63, 3.8) is 0 Å². The molecule has 3 aromatic rings. The number of phenolic OH excluding ortho intramolecular Hbond substituents is 1. The zero-order valence-electron chi connectivity index (χ0n) is 20.8. The molecule has 0 saturated carbocycles. The number of ether oxygens (including phenoxy) is 1. The highest BCUT2D eigenvalue weighted by molar-refractivity contribution is 9.10. The normalized spacial score (nSPS) is 13.9. The van der Waals surface area contributed by atoms with Gasteiger partial charge in [0, 0.05) is 6.54 Å². The minimum Gasteiger partial charge on any atom is -0.507 e. The van der Waals surface area contributed by atoms with Crippen LogP contribution in [0.15, 0.2) is 44.4 Å². The molecule has 1 aliphatic rings. The molecule has 196 valence electrons. The van der Waals surface area contributed by atoms with E-state index < -0.39 is 17.2 Å². The van der Waals surface area contributed by atoms with Crippen molar-refractivity contribution in [1.82, 2.24) is 25.0 Å². The van der Waals surface area contributed by atoms with Gasteiger partial charge in [0.1, 0.15) is 17.2 Å². The molecule has 0 aliphatic carbocycles. The molecule has 0 bridgehead atoms. The van der Waals surface area contributed by atoms with Crippen LogP contribution in [-0.4, -0.2) is 56.9 Å². The molecule has 11 heteroatoms. The molecular weight excluding hydrogens is 542 g/mol. The van der Waals surface area contributed by atoms with Gasteiger partial charge >= 0.3 is 5.69 Å². The summed E-state index contributed by atoms with van der Waals surface area (Å²) in [6.45, 7) is 7.08. The van der Waals surface area contributed by atoms with Crippen molar-refractivity contribution in [2.75, 3.05) is 26.2 Å². The lowest BCUT2D eigenvalue weighted by molar-refractivity contribution is 0.0942. The third-order valence-electron chi connectivity index (χ3n) is 6.26.